The third kappa shape index (κ3) is 4.29. The SMILES string of the molecule is COc1ccc([C@H]2CC(=O)Oc3cc(O)c4c(=O)cc(-c5ccc(O)c(O)c5)oc4c32)cc1OC(C)C. The Morgan fingerprint density at radius 3 is 2.41 bits per heavy atom. The number of methoxy groups -OCH3 is 1. The van der Waals surface area contributed by atoms with E-state index in [1.54, 1.807) is 18.2 Å². The van der Waals surface area contributed by atoms with Crippen molar-refractivity contribution in [2.45, 2.75) is 32.3 Å². The molecule has 0 amide bonds. The van der Waals surface area contributed by atoms with Crippen LogP contribution in [-0.2, 0) is 4.79 Å². The van der Waals surface area contributed by atoms with Gasteiger partial charge in [0.05, 0.1) is 19.6 Å². The van der Waals surface area contributed by atoms with E-state index in [9.17, 15) is 24.9 Å². The highest BCUT2D eigenvalue weighted by Gasteiger charge is 2.34. The molecule has 37 heavy (non-hydrogen) atoms. The van der Waals surface area contributed by atoms with Gasteiger partial charge < -0.3 is 33.9 Å². The standard InChI is InChI=1S/C28H24O9/c1-13(2)35-23-9-14(5-7-21(23)34-3)16-10-25(33)36-24-12-20(32)27-19(31)11-22(37-28(27)26(16)24)15-4-6-17(29)18(30)8-15/h4-9,11-13,16,29-30,32H,10H2,1-3H3/t16-/m1/s1. The van der Waals surface area contributed by atoms with Crippen molar-refractivity contribution >= 4 is 16.9 Å². The molecule has 190 valence electrons. The van der Waals surface area contributed by atoms with Crippen molar-refractivity contribution in [3.63, 3.8) is 0 Å². The second kappa shape index (κ2) is 9.09. The Bertz CT molecular complexity index is 1600. The molecule has 2 heterocycles. The number of carbonyl (C=O) groups is 1. The van der Waals surface area contributed by atoms with Crippen LogP contribution in [0.4, 0.5) is 0 Å². The van der Waals surface area contributed by atoms with E-state index in [1.807, 2.05) is 13.8 Å². The molecule has 0 aliphatic carbocycles. The lowest BCUT2D eigenvalue weighted by molar-refractivity contribution is -0.135. The molecule has 1 aliphatic heterocycles. The van der Waals surface area contributed by atoms with Gasteiger partial charge in [-0.05, 0) is 49.7 Å². The number of ether oxygens (including phenoxy) is 3. The number of phenols is 3. The fraction of sp³-hybridized carbons (Fsp3) is 0.214. The first-order chi connectivity index (χ1) is 17.7. The number of hydrogen-bond donors (Lipinski definition) is 3. The summed E-state index contributed by atoms with van der Waals surface area (Å²) in [4.78, 5) is 25.7. The maximum absolute atomic E-state index is 13.1. The molecule has 0 radical (unpaired) electrons. The van der Waals surface area contributed by atoms with Gasteiger partial charge in [0.25, 0.3) is 0 Å². The summed E-state index contributed by atoms with van der Waals surface area (Å²) in [6, 6.07) is 11.7. The normalized spacial score (nSPS) is 14.9. The molecule has 1 aromatic heterocycles. The van der Waals surface area contributed by atoms with Crippen molar-refractivity contribution in [3.05, 3.63) is 69.9 Å². The molecule has 9 heteroatoms. The number of benzene rings is 3. The Balaban J connectivity index is 1.76. The smallest absolute Gasteiger partial charge is 0.312 e. The summed E-state index contributed by atoms with van der Waals surface area (Å²) < 4.78 is 22.9. The molecule has 0 fully saturated rings. The van der Waals surface area contributed by atoms with Crippen molar-refractivity contribution in [2.24, 2.45) is 0 Å². The Morgan fingerprint density at radius 1 is 0.919 bits per heavy atom. The molecular weight excluding hydrogens is 480 g/mol. The quantitative estimate of drug-likeness (QED) is 0.199. The van der Waals surface area contributed by atoms with E-state index in [0.29, 0.717) is 28.2 Å². The number of aromatic hydroxyl groups is 3. The van der Waals surface area contributed by atoms with E-state index in [-0.39, 0.29) is 46.5 Å². The molecular formula is C28H24O9. The fourth-order valence-corrected chi connectivity index (χ4v) is 4.52. The third-order valence-electron chi connectivity index (χ3n) is 6.14. The average molecular weight is 504 g/mol. The summed E-state index contributed by atoms with van der Waals surface area (Å²) in [7, 11) is 1.53. The van der Waals surface area contributed by atoms with E-state index in [0.717, 1.165) is 0 Å². The largest absolute Gasteiger partial charge is 0.507 e. The van der Waals surface area contributed by atoms with Gasteiger partial charge in [-0.15, -0.1) is 0 Å². The van der Waals surface area contributed by atoms with Crippen LogP contribution >= 0.6 is 0 Å². The second-order valence-electron chi connectivity index (χ2n) is 9.00. The zero-order valence-corrected chi connectivity index (χ0v) is 20.3. The van der Waals surface area contributed by atoms with Crippen LogP contribution in [0.2, 0.25) is 0 Å². The molecule has 0 saturated carbocycles. The van der Waals surface area contributed by atoms with E-state index in [1.165, 1.54) is 37.4 Å². The molecule has 3 N–H and O–H groups in total. The summed E-state index contributed by atoms with van der Waals surface area (Å²) in [5, 5.41) is 30.2. The zero-order chi connectivity index (χ0) is 26.4. The monoisotopic (exact) mass is 504 g/mol. The highest BCUT2D eigenvalue weighted by atomic mass is 16.5. The van der Waals surface area contributed by atoms with Gasteiger partial charge in [-0.25, -0.2) is 0 Å². The molecule has 3 aromatic carbocycles. The fourth-order valence-electron chi connectivity index (χ4n) is 4.52. The number of hydrogen-bond acceptors (Lipinski definition) is 9. The maximum atomic E-state index is 13.1. The molecule has 4 aromatic rings. The van der Waals surface area contributed by atoms with Crippen LogP contribution in [0, 0.1) is 0 Å². The Morgan fingerprint density at radius 2 is 1.70 bits per heavy atom. The van der Waals surface area contributed by atoms with Crippen LogP contribution in [0.5, 0.6) is 34.5 Å². The molecule has 0 saturated heterocycles. The lowest BCUT2D eigenvalue weighted by Gasteiger charge is -2.26. The van der Waals surface area contributed by atoms with Gasteiger partial charge in [0, 0.05) is 29.2 Å². The topological polar surface area (TPSA) is 136 Å². The van der Waals surface area contributed by atoms with Gasteiger partial charge in [0.2, 0.25) is 0 Å². The predicted octanol–water partition coefficient (Wildman–Crippen LogP) is 4.81. The van der Waals surface area contributed by atoms with Gasteiger partial charge in [0.1, 0.15) is 28.2 Å². The summed E-state index contributed by atoms with van der Waals surface area (Å²) in [5.41, 5.74) is 0.947. The van der Waals surface area contributed by atoms with Gasteiger partial charge >= 0.3 is 5.97 Å². The summed E-state index contributed by atoms with van der Waals surface area (Å²) >= 11 is 0. The summed E-state index contributed by atoms with van der Waals surface area (Å²) in [5.74, 6) is -1.04. The van der Waals surface area contributed by atoms with Gasteiger partial charge in [-0.2, -0.15) is 0 Å². The van der Waals surface area contributed by atoms with Crippen LogP contribution in [0.15, 0.2) is 57.7 Å². The van der Waals surface area contributed by atoms with Crippen LogP contribution in [0.25, 0.3) is 22.3 Å². The number of fused-ring (bicyclic) bond motifs is 3. The average Bonchev–Trinajstić information content (AvgIpc) is 2.84. The molecule has 5 rings (SSSR count). The highest BCUT2D eigenvalue weighted by molar-refractivity contribution is 5.93. The van der Waals surface area contributed by atoms with Crippen LogP contribution < -0.4 is 19.6 Å². The second-order valence-corrected chi connectivity index (χ2v) is 9.00. The molecule has 9 nitrogen and oxygen atoms in total. The predicted molar refractivity (Wildman–Crippen MR) is 134 cm³/mol. The number of carbonyl (C=O) groups excluding carboxylic acids is 1. The number of phenolic OH excluding ortho intramolecular Hbond substituents is 3. The first kappa shape index (κ1) is 24.1. The molecule has 0 bridgehead atoms. The van der Waals surface area contributed by atoms with E-state index in [4.69, 9.17) is 18.6 Å². The van der Waals surface area contributed by atoms with E-state index >= 15 is 0 Å². The van der Waals surface area contributed by atoms with Gasteiger partial charge in [0.15, 0.2) is 28.4 Å². The molecule has 1 aliphatic rings. The van der Waals surface area contributed by atoms with Crippen LogP contribution in [-0.4, -0.2) is 34.5 Å². The van der Waals surface area contributed by atoms with Crippen molar-refractivity contribution in [1.82, 2.24) is 0 Å². The van der Waals surface area contributed by atoms with Gasteiger partial charge in [-0.3, -0.25) is 9.59 Å². The minimum Gasteiger partial charge on any atom is -0.507 e. The lowest BCUT2D eigenvalue weighted by atomic mass is 9.85. The number of esters is 1. The molecule has 0 spiro atoms. The van der Waals surface area contributed by atoms with E-state index < -0.39 is 23.1 Å². The van der Waals surface area contributed by atoms with Gasteiger partial charge in [-0.1, -0.05) is 6.07 Å². The Hall–Kier alpha value is -4.66. The summed E-state index contributed by atoms with van der Waals surface area (Å²) in [6.07, 6.45) is -0.179. The van der Waals surface area contributed by atoms with Crippen molar-refractivity contribution < 1.29 is 38.7 Å². The first-order valence-corrected chi connectivity index (χ1v) is 11.6. The maximum Gasteiger partial charge on any atom is 0.312 e. The molecule has 1 atom stereocenters. The van der Waals surface area contributed by atoms with E-state index in [2.05, 4.69) is 0 Å². The lowest BCUT2D eigenvalue weighted by Crippen LogP contribution is -2.22. The first-order valence-electron chi connectivity index (χ1n) is 11.6. The Kier molecular flexibility index (Phi) is 5.91. The van der Waals surface area contributed by atoms with Crippen molar-refractivity contribution in [3.8, 4) is 45.8 Å². The highest BCUT2D eigenvalue weighted by Crippen LogP contribution is 2.47. The minimum absolute atomic E-state index is 0.0460. The van der Waals surface area contributed by atoms with Crippen molar-refractivity contribution in [2.75, 3.05) is 7.11 Å². The zero-order valence-electron chi connectivity index (χ0n) is 20.3. The number of rotatable bonds is 5. The van der Waals surface area contributed by atoms with Crippen molar-refractivity contribution in [1.29, 1.82) is 0 Å². The van der Waals surface area contributed by atoms with Crippen LogP contribution in [0.1, 0.15) is 37.3 Å². The molecule has 0 unspecified atom stereocenters. The minimum atomic E-state index is -0.591. The Labute approximate surface area is 211 Å². The van der Waals surface area contributed by atoms with Crippen LogP contribution in [0.3, 0.4) is 0 Å². The third-order valence-corrected chi connectivity index (χ3v) is 6.14. The summed E-state index contributed by atoms with van der Waals surface area (Å²) in [6.45, 7) is 3.76.